The summed E-state index contributed by atoms with van der Waals surface area (Å²) in [5.41, 5.74) is 0.715. The summed E-state index contributed by atoms with van der Waals surface area (Å²) >= 11 is 0. The molecule has 0 spiro atoms. The molecule has 70 valence electrons. The Hall–Kier alpha value is -1.25. The topological polar surface area (TPSA) is 21.3 Å². The van der Waals surface area contributed by atoms with Gasteiger partial charge in [-0.25, -0.2) is 4.39 Å². The van der Waals surface area contributed by atoms with Gasteiger partial charge in [-0.15, -0.1) is 0 Å². The smallest absolute Gasteiger partial charge is 0.143 e. The van der Waals surface area contributed by atoms with Gasteiger partial charge in [-0.1, -0.05) is 0 Å². The first-order valence-electron chi connectivity index (χ1n) is 4.43. The summed E-state index contributed by atoms with van der Waals surface area (Å²) in [6.07, 6.45) is 2.57. The van der Waals surface area contributed by atoms with E-state index in [2.05, 4.69) is 5.32 Å². The summed E-state index contributed by atoms with van der Waals surface area (Å²) in [5.74, 6) is 0.499. The van der Waals surface area contributed by atoms with Crippen LogP contribution in [0.1, 0.15) is 12.8 Å². The zero-order chi connectivity index (χ0) is 9.26. The van der Waals surface area contributed by atoms with Gasteiger partial charge in [-0.3, -0.25) is 0 Å². The van der Waals surface area contributed by atoms with E-state index in [1.165, 1.54) is 12.1 Å². The van der Waals surface area contributed by atoms with Gasteiger partial charge >= 0.3 is 0 Å². The Morgan fingerprint density at radius 1 is 1.46 bits per heavy atom. The molecule has 0 aromatic heterocycles. The summed E-state index contributed by atoms with van der Waals surface area (Å²) in [4.78, 5) is 0. The first-order chi connectivity index (χ1) is 6.29. The zero-order valence-corrected chi connectivity index (χ0v) is 7.51. The van der Waals surface area contributed by atoms with Crippen molar-refractivity contribution in [2.45, 2.75) is 18.9 Å². The Labute approximate surface area is 76.7 Å². The van der Waals surface area contributed by atoms with Crippen LogP contribution in [-0.2, 0) is 0 Å². The normalized spacial score (nSPS) is 15.5. The first kappa shape index (κ1) is 8.35. The van der Waals surface area contributed by atoms with Crippen LogP contribution in [0.4, 0.5) is 10.1 Å². The van der Waals surface area contributed by atoms with Crippen LogP contribution >= 0.6 is 0 Å². The molecule has 3 heteroatoms. The molecule has 0 amide bonds. The third-order valence-electron chi connectivity index (χ3n) is 2.03. The Bertz CT molecular complexity index is 310. The second kappa shape index (κ2) is 3.24. The SMILES string of the molecule is CNc1cc(F)ccc1OC1CC1. The fraction of sp³-hybridized carbons (Fsp3) is 0.400. The number of benzene rings is 1. The molecule has 0 radical (unpaired) electrons. The lowest BCUT2D eigenvalue weighted by Gasteiger charge is -2.09. The van der Waals surface area contributed by atoms with Crippen molar-refractivity contribution in [3.63, 3.8) is 0 Å². The molecule has 2 rings (SSSR count). The molecular formula is C10H12FNO. The molecule has 1 aromatic rings. The minimum absolute atomic E-state index is 0.243. The van der Waals surface area contributed by atoms with E-state index in [0.717, 1.165) is 18.6 Å². The quantitative estimate of drug-likeness (QED) is 0.773. The van der Waals surface area contributed by atoms with Gasteiger partial charge < -0.3 is 10.1 Å². The summed E-state index contributed by atoms with van der Waals surface area (Å²) in [7, 11) is 1.76. The number of nitrogens with one attached hydrogen (secondary N) is 1. The molecular weight excluding hydrogens is 169 g/mol. The maximum Gasteiger partial charge on any atom is 0.143 e. The molecule has 1 aliphatic rings. The van der Waals surface area contributed by atoms with Crippen LogP contribution in [0.2, 0.25) is 0 Å². The minimum Gasteiger partial charge on any atom is -0.488 e. The number of ether oxygens (including phenoxy) is 1. The number of anilines is 1. The van der Waals surface area contributed by atoms with E-state index in [-0.39, 0.29) is 5.82 Å². The van der Waals surface area contributed by atoms with E-state index in [0.29, 0.717) is 11.8 Å². The van der Waals surface area contributed by atoms with Gasteiger partial charge in [-0.2, -0.15) is 0 Å². The van der Waals surface area contributed by atoms with Gasteiger partial charge in [0, 0.05) is 13.1 Å². The van der Waals surface area contributed by atoms with Crippen molar-refractivity contribution in [2.75, 3.05) is 12.4 Å². The van der Waals surface area contributed by atoms with Crippen molar-refractivity contribution in [1.82, 2.24) is 0 Å². The molecule has 1 N–H and O–H groups in total. The van der Waals surface area contributed by atoms with Crippen LogP contribution in [-0.4, -0.2) is 13.2 Å². The van der Waals surface area contributed by atoms with Gasteiger partial charge in [0.15, 0.2) is 0 Å². The van der Waals surface area contributed by atoms with E-state index >= 15 is 0 Å². The van der Waals surface area contributed by atoms with E-state index in [4.69, 9.17) is 4.74 Å². The largest absolute Gasteiger partial charge is 0.488 e. The monoisotopic (exact) mass is 181 g/mol. The lowest BCUT2D eigenvalue weighted by Crippen LogP contribution is -2.00. The Kier molecular flexibility index (Phi) is 2.08. The average molecular weight is 181 g/mol. The van der Waals surface area contributed by atoms with Gasteiger partial charge in [0.25, 0.3) is 0 Å². The van der Waals surface area contributed by atoms with Crippen molar-refractivity contribution in [3.8, 4) is 5.75 Å². The molecule has 2 nitrogen and oxygen atoms in total. The molecule has 0 heterocycles. The average Bonchev–Trinajstić information content (AvgIpc) is 2.92. The molecule has 1 saturated carbocycles. The summed E-state index contributed by atoms with van der Waals surface area (Å²) in [6, 6.07) is 4.52. The Balaban J connectivity index is 2.21. The third kappa shape index (κ3) is 1.91. The van der Waals surface area contributed by atoms with E-state index in [1.807, 2.05) is 0 Å². The molecule has 0 atom stereocenters. The zero-order valence-electron chi connectivity index (χ0n) is 7.51. The van der Waals surface area contributed by atoms with Gasteiger partial charge in [0.2, 0.25) is 0 Å². The Morgan fingerprint density at radius 2 is 2.23 bits per heavy atom. The van der Waals surface area contributed by atoms with E-state index in [9.17, 15) is 4.39 Å². The molecule has 0 bridgehead atoms. The van der Waals surface area contributed by atoms with Gasteiger partial charge in [0.1, 0.15) is 11.6 Å². The highest BCUT2D eigenvalue weighted by Gasteiger charge is 2.24. The number of hydrogen-bond acceptors (Lipinski definition) is 2. The molecule has 13 heavy (non-hydrogen) atoms. The van der Waals surface area contributed by atoms with Crippen LogP contribution in [0, 0.1) is 5.82 Å². The number of halogens is 1. The van der Waals surface area contributed by atoms with Crippen LogP contribution in [0.15, 0.2) is 18.2 Å². The van der Waals surface area contributed by atoms with Gasteiger partial charge in [-0.05, 0) is 25.0 Å². The molecule has 0 saturated heterocycles. The van der Waals surface area contributed by atoms with Crippen LogP contribution in [0.25, 0.3) is 0 Å². The summed E-state index contributed by atoms with van der Waals surface area (Å²) < 4.78 is 18.4. The van der Waals surface area contributed by atoms with Crippen LogP contribution < -0.4 is 10.1 Å². The molecule has 1 fully saturated rings. The van der Waals surface area contributed by atoms with Gasteiger partial charge in [0.05, 0.1) is 11.8 Å². The predicted octanol–water partition coefficient (Wildman–Crippen LogP) is 2.41. The fourth-order valence-electron chi connectivity index (χ4n) is 1.17. The lowest BCUT2D eigenvalue weighted by atomic mass is 10.3. The van der Waals surface area contributed by atoms with Crippen molar-refractivity contribution in [3.05, 3.63) is 24.0 Å². The van der Waals surface area contributed by atoms with Crippen LogP contribution in [0.5, 0.6) is 5.75 Å². The maximum atomic E-state index is 12.8. The lowest BCUT2D eigenvalue weighted by molar-refractivity contribution is 0.304. The van der Waals surface area contributed by atoms with E-state index < -0.39 is 0 Å². The fourth-order valence-corrected chi connectivity index (χ4v) is 1.17. The second-order valence-corrected chi connectivity index (χ2v) is 3.21. The maximum absolute atomic E-state index is 12.8. The van der Waals surface area contributed by atoms with Crippen molar-refractivity contribution >= 4 is 5.69 Å². The standard InChI is InChI=1S/C10H12FNO/c1-12-9-6-7(11)2-5-10(9)13-8-3-4-8/h2,5-6,8,12H,3-4H2,1H3. The van der Waals surface area contributed by atoms with E-state index in [1.54, 1.807) is 13.1 Å². The molecule has 1 aromatic carbocycles. The molecule has 1 aliphatic carbocycles. The highest BCUT2D eigenvalue weighted by atomic mass is 19.1. The van der Waals surface area contributed by atoms with Crippen molar-refractivity contribution in [2.24, 2.45) is 0 Å². The summed E-state index contributed by atoms with van der Waals surface area (Å²) in [5, 5.41) is 2.90. The van der Waals surface area contributed by atoms with Crippen LogP contribution in [0.3, 0.4) is 0 Å². The van der Waals surface area contributed by atoms with Crippen molar-refractivity contribution < 1.29 is 9.13 Å². The minimum atomic E-state index is -0.243. The number of hydrogen-bond donors (Lipinski definition) is 1. The third-order valence-corrected chi connectivity index (χ3v) is 2.03. The number of rotatable bonds is 3. The van der Waals surface area contributed by atoms with Crippen molar-refractivity contribution in [1.29, 1.82) is 0 Å². The summed E-state index contributed by atoms with van der Waals surface area (Å²) in [6.45, 7) is 0. The Morgan fingerprint density at radius 3 is 2.85 bits per heavy atom. The highest BCUT2D eigenvalue weighted by molar-refractivity contribution is 5.56. The molecule has 0 aliphatic heterocycles. The second-order valence-electron chi connectivity index (χ2n) is 3.21. The molecule has 0 unspecified atom stereocenters. The first-order valence-corrected chi connectivity index (χ1v) is 4.43. The predicted molar refractivity (Wildman–Crippen MR) is 49.6 cm³/mol. The highest BCUT2D eigenvalue weighted by Crippen LogP contribution is 2.32.